The Hall–Kier alpha value is -2.15. The summed E-state index contributed by atoms with van der Waals surface area (Å²) in [6.07, 6.45) is 1.62. The van der Waals surface area contributed by atoms with Crippen LogP contribution in [0.1, 0.15) is 23.2 Å². The van der Waals surface area contributed by atoms with Crippen LogP contribution in [0.4, 0.5) is 11.4 Å². The monoisotopic (exact) mass is 279 g/mol. The predicted molar refractivity (Wildman–Crippen MR) is 73.4 cm³/mol. The number of amides is 1. The van der Waals surface area contributed by atoms with Gasteiger partial charge in [-0.2, -0.15) is 0 Å². The maximum atomic E-state index is 12.4. The molecule has 108 valence electrons. The third-order valence-corrected chi connectivity index (χ3v) is 3.54. The van der Waals surface area contributed by atoms with E-state index < -0.39 is 4.92 Å². The Balaban J connectivity index is 2.22. The van der Waals surface area contributed by atoms with Gasteiger partial charge in [0.2, 0.25) is 0 Å². The Labute approximate surface area is 116 Å². The number of carbonyl (C=O) groups is 1. The number of nitrogens with zero attached hydrogens (tertiary/aromatic N) is 2. The predicted octanol–water partition coefficient (Wildman–Crippen LogP) is 1.43. The molecule has 2 N–H and O–H groups in total. The van der Waals surface area contributed by atoms with E-state index in [4.69, 9.17) is 10.5 Å². The number of hydrogen-bond acceptors (Lipinski definition) is 5. The Morgan fingerprint density at radius 2 is 2.10 bits per heavy atom. The van der Waals surface area contributed by atoms with Gasteiger partial charge in [-0.05, 0) is 25.0 Å². The standard InChI is InChI=1S/C13H17N3O4/c1-20-9-5-7-15(8-6-9)13(17)10-3-2-4-11(14)12(10)16(18)19/h2-4,9H,5-8,14H2,1H3. The molecule has 1 aliphatic heterocycles. The van der Waals surface area contributed by atoms with E-state index in [2.05, 4.69) is 0 Å². The van der Waals surface area contributed by atoms with Crippen molar-refractivity contribution in [3.8, 4) is 0 Å². The molecule has 0 unspecified atom stereocenters. The molecular formula is C13H17N3O4. The number of nitro benzene ring substituents is 1. The van der Waals surface area contributed by atoms with Crippen molar-refractivity contribution in [2.24, 2.45) is 0 Å². The summed E-state index contributed by atoms with van der Waals surface area (Å²) in [5.74, 6) is -0.349. The van der Waals surface area contributed by atoms with Crippen molar-refractivity contribution in [3.63, 3.8) is 0 Å². The average Bonchev–Trinajstić information content (AvgIpc) is 2.46. The Bertz CT molecular complexity index is 524. The fourth-order valence-corrected chi connectivity index (χ4v) is 2.40. The van der Waals surface area contributed by atoms with E-state index >= 15 is 0 Å². The molecule has 1 aromatic carbocycles. The van der Waals surface area contributed by atoms with E-state index in [-0.39, 0.29) is 28.9 Å². The molecule has 0 atom stereocenters. The molecule has 1 aliphatic rings. The van der Waals surface area contributed by atoms with Crippen molar-refractivity contribution in [3.05, 3.63) is 33.9 Å². The summed E-state index contributed by atoms with van der Waals surface area (Å²) in [5, 5.41) is 11.1. The molecule has 1 fully saturated rings. The zero-order valence-corrected chi connectivity index (χ0v) is 11.2. The molecule has 0 bridgehead atoms. The Kier molecular flexibility index (Phi) is 4.19. The van der Waals surface area contributed by atoms with Gasteiger partial charge in [0.25, 0.3) is 5.91 Å². The lowest BCUT2D eigenvalue weighted by molar-refractivity contribution is -0.384. The first kappa shape index (κ1) is 14.3. The topological polar surface area (TPSA) is 98.7 Å². The van der Waals surface area contributed by atoms with E-state index in [1.807, 2.05) is 0 Å². The van der Waals surface area contributed by atoms with Crippen molar-refractivity contribution in [1.82, 2.24) is 4.90 Å². The lowest BCUT2D eigenvalue weighted by atomic mass is 10.0. The molecule has 7 heteroatoms. The van der Waals surface area contributed by atoms with Crippen LogP contribution >= 0.6 is 0 Å². The van der Waals surface area contributed by atoms with Crippen LogP contribution in [-0.4, -0.2) is 42.0 Å². The first-order valence-electron chi connectivity index (χ1n) is 6.39. The highest BCUT2D eigenvalue weighted by atomic mass is 16.6. The van der Waals surface area contributed by atoms with Gasteiger partial charge in [-0.25, -0.2) is 0 Å². The molecule has 1 heterocycles. The summed E-state index contributed by atoms with van der Waals surface area (Å²) >= 11 is 0. The Morgan fingerprint density at radius 3 is 2.65 bits per heavy atom. The van der Waals surface area contributed by atoms with Gasteiger partial charge in [0.05, 0.1) is 11.0 Å². The van der Waals surface area contributed by atoms with Gasteiger partial charge >= 0.3 is 5.69 Å². The molecule has 1 amide bonds. The smallest absolute Gasteiger partial charge is 0.304 e. The third kappa shape index (κ3) is 2.72. The van der Waals surface area contributed by atoms with Gasteiger partial charge in [-0.15, -0.1) is 0 Å². The molecule has 0 spiro atoms. The highest BCUT2D eigenvalue weighted by Gasteiger charge is 2.29. The maximum Gasteiger partial charge on any atom is 0.304 e. The van der Waals surface area contributed by atoms with Gasteiger partial charge in [0.1, 0.15) is 11.3 Å². The number of likely N-dealkylation sites (tertiary alicyclic amines) is 1. The summed E-state index contributed by atoms with van der Waals surface area (Å²) in [6.45, 7) is 1.06. The summed E-state index contributed by atoms with van der Waals surface area (Å²) in [7, 11) is 1.64. The van der Waals surface area contributed by atoms with Gasteiger partial charge in [0.15, 0.2) is 0 Å². The van der Waals surface area contributed by atoms with Crippen LogP contribution in [0.3, 0.4) is 0 Å². The van der Waals surface area contributed by atoms with E-state index in [0.717, 1.165) is 12.8 Å². The summed E-state index contributed by atoms with van der Waals surface area (Å²) in [6, 6.07) is 4.42. The van der Waals surface area contributed by atoms with E-state index in [1.165, 1.54) is 12.1 Å². The van der Waals surface area contributed by atoms with Crippen molar-refractivity contribution in [2.45, 2.75) is 18.9 Å². The number of nitro groups is 1. The first-order chi connectivity index (χ1) is 9.54. The van der Waals surface area contributed by atoms with Crippen LogP contribution in [-0.2, 0) is 4.74 Å². The van der Waals surface area contributed by atoms with Crippen LogP contribution in [0.2, 0.25) is 0 Å². The quantitative estimate of drug-likeness (QED) is 0.512. The molecule has 0 aliphatic carbocycles. The second-order valence-corrected chi connectivity index (χ2v) is 4.73. The largest absolute Gasteiger partial charge is 0.393 e. The number of nitrogens with two attached hydrogens (primary N) is 1. The molecule has 0 aromatic heterocycles. The van der Waals surface area contributed by atoms with E-state index in [0.29, 0.717) is 13.1 Å². The molecule has 0 saturated carbocycles. The number of hydrogen-bond donors (Lipinski definition) is 1. The maximum absolute atomic E-state index is 12.4. The number of anilines is 1. The number of rotatable bonds is 3. The van der Waals surface area contributed by atoms with Crippen LogP contribution in [0, 0.1) is 10.1 Å². The number of ether oxygens (including phenoxy) is 1. The van der Waals surface area contributed by atoms with Crippen LogP contribution in [0.25, 0.3) is 0 Å². The van der Waals surface area contributed by atoms with E-state index in [9.17, 15) is 14.9 Å². The highest BCUT2D eigenvalue weighted by Crippen LogP contribution is 2.28. The van der Waals surface area contributed by atoms with Crippen LogP contribution < -0.4 is 5.73 Å². The third-order valence-electron chi connectivity index (χ3n) is 3.54. The van der Waals surface area contributed by atoms with Crippen molar-refractivity contribution >= 4 is 17.3 Å². The minimum absolute atomic E-state index is 0.00706. The second-order valence-electron chi connectivity index (χ2n) is 4.73. The van der Waals surface area contributed by atoms with Crippen LogP contribution in [0.5, 0.6) is 0 Å². The minimum Gasteiger partial charge on any atom is -0.393 e. The number of piperidine rings is 1. The lowest BCUT2D eigenvalue weighted by Crippen LogP contribution is -2.40. The van der Waals surface area contributed by atoms with Gasteiger partial charge < -0.3 is 15.4 Å². The fraction of sp³-hybridized carbons (Fsp3) is 0.462. The normalized spacial score (nSPS) is 16.1. The molecule has 7 nitrogen and oxygen atoms in total. The Morgan fingerprint density at radius 1 is 1.45 bits per heavy atom. The minimum atomic E-state index is -0.607. The highest BCUT2D eigenvalue weighted by molar-refractivity contribution is 6.00. The van der Waals surface area contributed by atoms with Crippen LogP contribution in [0.15, 0.2) is 18.2 Å². The molecule has 1 aromatic rings. The van der Waals surface area contributed by atoms with Crippen molar-refractivity contribution in [2.75, 3.05) is 25.9 Å². The molecule has 20 heavy (non-hydrogen) atoms. The zero-order valence-electron chi connectivity index (χ0n) is 11.2. The molecule has 2 rings (SSSR count). The fourth-order valence-electron chi connectivity index (χ4n) is 2.40. The molecule has 1 saturated heterocycles. The van der Waals surface area contributed by atoms with Gasteiger partial charge in [-0.1, -0.05) is 6.07 Å². The average molecular weight is 279 g/mol. The number of para-hydroxylation sites is 1. The molecule has 0 radical (unpaired) electrons. The number of carbonyl (C=O) groups excluding carboxylic acids is 1. The number of methoxy groups -OCH3 is 1. The first-order valence-corrected chi connectivity index (χ1v) is 6.39. The van der Waals surface area contributed by atoms with Gasteiger partial charge in [-0.3, -0.25) is 14.9 Å². The summed E-state index contributed by atoms with van der Waals surface area (Å²) in [4.78, 5) is 24.5. The number of nitrogen functional groups attached to an aromatic ring is 1. The van der Waals surface area contributed by atoms with E-state index in [1.54, 1.807) is 18.1 Å². The zero-order chi connectivity index (χ0) is 14.7. The SMILES string of the molecule is COC1CCN(C(=O)c2cccc(N)c2[N+](=O)[O-])CC1. The molecular weight excluding hydrogens is 262 g/mol. The number of benzene rings is 1. The lowest BCUT2D eigenvalue weighted by Gasteiger charge is -2.31. The second kappa shape index (κ2) is 5.87. The van der Waals surface area contributed by atoms with Crippen molar-refractivity contribution < 1.29 is 14.5 Å². The van der Waals surface area contributed by atoms with Gasteiger partial charge in [0, 0.05) is 20.2 Å². The summed E-state index contributed by atoms with van der Waals surface area (Å²) in [5.41, 5.74) is 5.34. The van der Waals surface area contributed by atoms with Crippen molar-refractivity contribution in [1.29, 1.82) is 0 Å². The summed E-state index contributed by atoms with van der Waals surface area (Å²) < 4.78 is 5.24.